The van der Waals surface area contributed by atoms with E-state index in [1.807, 2.05) is 24.3 Å². The molecule has 2 aromatic carbocycles. The van der Waals surface area contributed by atoms with E-state index in [0.29, 0.717) is 18.6 Å². The van der Waals surface area contributed by atoms with Gasteiger partial charge in [0.15, 0.2) is 11.5 Å². The Morgan fingerprint density at radius 1 is 1.14 bits per heavy atom. The van der Waals surface area contributed by atoms with E-state index in [0.717, 1.165) is 36.1 Å². The second-order valence-corrected chi connectivity index (χ2v) is 10.6. The van der Waals surface area contributed by atoms with E-state index in [2.05, 4.69) is 10.7 Å². The normalized spacial score (nSPS) is 19.9. The number of hydrazine groups is 1. The number of rotatable bonds is 10. The highest BCUT2D eigenvalue weighted by Gasteiger charge is 2.39. The fraction of sp³-hybridized carbons (Fsp3) is 0.481. The number of benzene rings is 2. The molecule has 9 nitrogen and oxygen atoms in total. The lowest BCUT2D eigenvalue weighted by Gasteiger charge is -2.39. The first kappa shape index (κ1) is 27.1. The molecule has 0 bridgehead atoms. The summed E-state index contributed by atoms with van der Waals surface area (Å²) < 4.78 is 10.5. The summed E-state index contributed by atoms with van der Waals surface area (Å²) in [5.74, 6) is 0.678. The molecule has 10 heteroatoms. The number of nitrogens with zero attached hydrogens (tertiary/aromatic N) is 1. The van der Waals surface area contributed by atoms with Crippen molar-refractivity contribution in [1.29, 1.82) is 0 Å². The van der Waals surface area contributed by atoms with Crippen molar-refractivity contribution in [3.8, 4) is 17.2 Å². The van der Waals surface area contributed by atoms with Crippen LogP contribution in [-0.2, 0) is 9.59 Å². The average molecular weight is 530 g/mol. The number of ether oxygens (including phenoxy) is 2. The molecule has 2 amide bonds. The Kier molecular flexibility index (Phi) is 8.83. The lowest BCUT2D eigenvalue weighted by molar-refractivity contribution is -0.132. The summed E-state index contributed by atoms with van der Waals surface area (Å²) in [6.07, 6.45) is 4.39. The molecular weight excluding hydrogens is 494 g/mol. The fourth-order valence-electron chi connectivity index (χ4n) is 5.09. The Morgan fingerprint density at radius 3 is 2.54 bits per heavy atom. The van der Waals surface area contributed by atoms with Crippen LogP contribution < -0.4 is 20.2 Å². The highest BCUT2D eigenvalue weighted by Crippen LogP contribution is 2.41. The van der Waals surface area contributed by atoms with Gasteiger partial charge in [-0.1, -0.05) is 37.5 Å². The standard InChI is InChI=1S/C27H35N3O6S/c1-35-20-9-6-18(7-10-20)21(27(34)12-4-3-5-13-27)15-28-24(32)16-29-30-25(33)17-37-26(30)19-8-11-22(31)23(14-19)36-2/h6-11,14,21,26,29,31,34H,3-5,12-13,15-17H2,1-2H3,(H,28,32). The molecule has 0 radical (unpaired) electrons. The first-order chi connectivity index (χ1) is 17.8. The molecule has 4 N–H and O–H groups in total. The first-order valence-electron chi connectivity index (χ1n) is 12.5. The summed E-state index contributed by atoms with van der Waals surface area (Å²) in [6, 6.07) is 12.6. The highest BCUT2D eigenvalue weighted by atomic mass is 32.2. The van der Waals surface area contributed by atoms with E-state index in [-0.39, 0.29) is 47.7 Å². The summed E-state index contributed by atoms with van der Waals surface area (Å²) in [5.41, 5.74) is 3.80. The maximum absolute atomic E-state index is 12.8. The van der Waals surface area contributed by atoms with Crippen LogP contribution in [-0.4, -0.2) is 65.7 Å². The van der Waals surface area contributed by atoms with Gasteiger partial charge >= 0.3 is 0 Å². The smallest absolute Gasteiger partial charge is 0.248 e. The Hall–Kier alpha value is -2.95. The topological polar surface area (TPSA) is 120 Å². The third-order valence-electron chi connectivity index (χ3n) is 7.16. The molecule has 1 heterocycles. The largest absolute Gasteiger partial charge is 0.504 e. The number of amides is 2. The number of carbonyl (C=O) groups is 2. The van der Waals surface area contributed by atoms with Crippen LogP contribution in [0.25, 0.3) is 0 Å². The van der Waals surface area contributed by atoms with E-state index in [4.69, 9.17) is 9.47 Å². The van der Waals surface area contributed by atoms with Crippen molar-refractivity contribution in [2.75, 3.05) is 33.1 Å². The van der Waals surface area contributed by atoms with Crippen LogP contribution in [0.1, 0.15) is 54.5 Å². The minimum absolute atomic E-state index is 0.0190. The van der Waals surface area contributed by atoms with Gasteiger partial charge in [0, 0.05) is 12.5 Å². The second-order valence-electron chi connectivity index (χ2n) is 9.49. The monoisotopic (exact) mass is 529 g/mol. The summed E-state index contributed by atoms with van der Waals surface area (Å²) >= 11 is 1.43. The van der Waals surface area contributed by atoms with Crippen LogP contribution >= 0.6 is 11.8 Å². The average Bonchev–Trinajstić information content (AvgIpc) is 3.28. The number of methoxy groups -OCH3 is 2. The number of thioether (sulfide) groups is 1. The van der Waals surface area contributed by atoms with Gasteiger partial charge in [0.05, 0.1) is 32.1 Å². The second kappa shape index (κ2) is 12.1. The summed E-state index contributed by atoms with van der Waals surface area (Å²) in [7, 11) is 3.08. The molecule has 37 heavy (non-hydrogen) atoms. The van der Waals surface area contributed by atoms with Gasteiger partial charge < -0.3 is 25.0 Å². The highest BCUT2D eigenvalue weighted by molar-refractivity contribution is 8.00. The molecule has 0 spiro atoms. The Bertz CT molecular complexity index is 1090. The first-order valence-corrected chi connectivity index (χ1v) is 13.6. The summed E-state index contributed by atoms with van der Waals surface area (Å²) in [5, 5.41) is 25.4. The zero-order chi connectivity index (χ0) is 26.4. The lowest BCUT2D eigenvalue weighted by atomic mass is 9.72. The molecule has 1 saturated carbocycles. The van der Waals surface area contributed by atoms with Gasteiger partial charge in [-0.05, 0) is 48.2 Å². The van der Waals surface area contributed by atoms with E-state index in [9.17, 15) is 19.8 Å². The molecule has 2 atom stereocenters. The number of hydrogen-bond acceptors (Lipinski definition) is 8. The molecule has 4 rings (SSSR count). The van der Waals surface area contributed by atoms with Crippen LogP contribution in [0.2, 0.25) is 0 Å². The third kappa shape index (κ3) is 6.31. The van der Waals surface area contributed by atoms with Crippen molar-refractivity contribution in [3.05, 3.63) is 53.6 Å². The predicted molar refractivity (Wildman–Crippen MR) is 141 cm³/mol. The van der Waals surface area contributed by atoms with E-state index < -0.39 is 5.60 Å². The summed E-state index contributed by atoms with van der Waals surface area (Å²) in [6.45, 7) is 0.191. The van der Waals surface area contributed by atoms with E-state index in [1.165, 1.54) is 29.9 Å². The molecule has 2 aliphatic rings. The number of carbonyl (C=O) groups excluding carboxylic acids is 2. The quantitative estimate of drug-likeness (QED) is 0.371. The molecule has 1 aliphatic heterocycles. The fourth-order valence-corrected chi connectivity index (χ4v) is 6.21. The zero-order valence-electron chi connectivity index (χ0n) is 21.2. The van der Waals surface area contributed by atoms with Gasteiger partial charge in [-0.2, -0.15) is 0 Å². The molecular formula is C27H35N3O6S. The van der Waals surface area contributed by atoms with Gasteiger partial charge in [-0.25, -0.2) is 5.43 Å². The third-order valence-corrected chi connectivity index (χ3v) is 8.37. The number of hydrogen-bond donors (Lipinski definition) is 4. The van der Waals surface area contributed by atoms with Crippen LogP contribution in [0.5, 0.6) is 17.2 Å². The van der Waals surface area contributed by atoms with Gasteiger partial charge in [0.2, 0.25) is 11.8 Å². The van der Waals surface area contributed by atoms with Gasteiger partial charge in [0.1, 0.15) is 11.1 Å². The number of nitrogens with one attached hydrogen (secondary N) is 2. The molecule has 2 fully saturated rings. The van der Waals surface area contributed by atoms with Gasteiger partial charge in [-0.15, -0.1) is 11.8 Å². The molecule has 2 unspecified atom stereocenters. The number of phenols is 1. The molecule has 200 valence electrons. The van der Waals surface area contributed by atoms with Crippen molar-refractivity contribution >= 4 is 23.6 Å². The van der Waals surface area contributed by atoms with Crippen molar-refractivity contribution in [1.82, 2.24) is 15.8 Å². The minimum atomic E-state index is -0.891. The van der Waals surface area contributed by atoms with E-state index in [1.54, 1.807) is 19.2 Å². The molecule has 2 aromatic rings. The Balaban J connectivity index is 1.40. The van der Waals surface area contributed by atoms with Gasteiger partial charge in [-0.3, -0.25) is 14.6 Å². The number of aliphatic hydroxyl groups is 1. The number of phenolic OH excluding ortho intramolecular Hbond substituents is 1. The Labute approximate surface area is 221 Å². The van der Waals surface area contributed by atoms with Crippen LogP contribution in [0, 0.1) is 0 Å². The maximum atomic E-state index is 12.8. The van der Waals surface area contributed by atoms with Crippen LogP contribution in [0.15, 0.2) is 42.5 Å². The van der Waals surface area contributed by atoms with Crippen molar-refractivity contribution < 1.29 is 29.3 Å². The minimum Gasteiger partial charge on any atom is -0.504 e. The number of aromatic hydroxyl groups is 1. The molecule has 1 saturated heterocycles. The van der Waals surface area contributed by atoms with Gasteiger partial charge in [0.25, 0.3) is 0 Å². The van der Waals surface area contributed by atoms with Crippen molar-refractivity contribution in [2.24, 2.45) is 0 Å². The van der Waals surface area contributed by atoms with Crippen LogP contribution in [0.3, 0.4) is 0 Å². The SMILES string of the molecule is COc1ccc(C(CNC(=O)CNN2C(=O)CSC2c2ccc(O)c(OC)c2)C2(O)CCCCC2)cc1. The molecule has 1 aliphatic carbocycles. The van der Waals surface area contributed by atoms with E-state index >= 15 is 0 Å². The zero-order valence-corrected chi connectivity index (χ0v) is 22.1. The predicted octanol–water partition coefficient (Wildman–Crippen LogP) is 3.08. The maximum Gasteiger partial charge on any atom is 0.248 e. The van der Waals surface area contributed by atoms with Crippen LogP contribution in [0.4, 0.5) is 0 Å². The molecule has 0 aromatic heterocycles. The lowest BCUT2D eigenvalue weighted by Crippen LogP contribution is -2.48. The Morgan fingerprint density at radius 2 is 1.86 bits per heavy atom. The van der Waals surface area contributed by atoms with Crippen molar-refractivity contribution in [3.63, 3.8) is 0 Å². The van der Waals surface area contributed by atoms with Crippen molar-refractivity contribution in [2.45, 2.75) is 49.0 Å². The summed E-state index contributed by atoms with van der Waals surface area (Å²) in [4.78, 5) is 25.4.